The maximum absolute atomic E-state index is 13.6. The van der Waals surface area contributed by atoms with Crippen molar-refractivity contribution in [3.05, 3.63) is 30.6 Å². The van der Waals surface area contributed by atoms with Gasteiger partial charge in [-0.2, -0.15) is 0 Å². The SMILES string of the molecule is CC(C)[C@@H]1CC[C@@H](C)CC(=O)N2C[C@H]3C[C@@H](CN(C(=O)COc4ccc(-n5cnnn5)cc4)C3)[C@@H]2CCCC(=O)N1. The Kier molecular flexibility index (Phi) is 9.19. The Hall–Kier alpha value is -3.50. The van der Waals surface area contributed by atoms with Gasteiger partial charge < -0.3 is 19.9 Å². The van der Waals surface area contributed by atoms with Crippen LogP contribution in [0.25, 0.3) is 5.69 Å². The van der Waals surface area contributed by atoms with E-state index >= 15 is 0 Å². The van der Waals surface area contributed by atoms with Crippen molar-refractivity contribution < 1.29 is 19.1 Å². The average molecular weight is 566 g/mol. The van der Waals surface area contributed by atoms with E-state index in [-0.39, 0.29) is 54.2 Å². The van der Waals surface area contributed by atoms with Crippen molar-refractivity contribution in [1.29, 1.82) is 0 Å². The van der Waals surface area contributed by atoms with Crippen LogP contribution in [0.3, 0.4) is 0 Å². The number of carbonyl (C=O) groups excluding carboxylic acids is 3. The van der Waals surface area contributed by atoms with Gasteiger partial charge in [0.25, 0.3) is 5.91 Å². The fourth-order valence-corrected chi connectivity index (χ4v) is 6.72. The maximum atomic E-state index is 13.6. The Balaban J connectivity index is 1.21. The number of hydrogen-bond donors (Lipinski definition) is 1. The van der Waals surface area contributed by atoms with Crippen LogP contribution in [-0.4, -0.2) is 86.1 Å². The van der Waals surface area contributed by atoms with E-state index in [0.717, 1.165) is 37.8 Å². The minimum atomic E-state index is -0.0404. The van der Waals surface area contributed by atoms with Gasteiger partial charge in [0.05, 0.1) is 5.69 Å². The molecule has 0 radical (unpaired) electrons. The van der Waals surface area contributed by atoms with Crippen molar-refractivity contribution >= 4 is 17.7 Å². The number of nitrogens with one attached hydrogen (secondary N) is 1. The summed E-state index contributed by atoms with van der Waals surface area (Å²) in [4.78, 5) is 43.6. The van der Waals surface area contributed by atoms with Crippen molar-refractivity contribution in [1.82, 2.24) is 35.3 Å². The van der Waals surface area contributed by atoms with E-state index in [9.17, 15) is 14.4 Å². The molecule has 3 saturated heterocycles. The van der Waals surface area contributed by atoms with Gasteiger partial charge in [0, 0.05) is 44.6 Å². The van der Waals surface area contributed by atoms with E-state index in [4.69, 9.17) is 4.74 Å². The van der Waals surface area contributed by atoms with Gasteiger partial charge in [-0.15, -0.1) is 5.10 Å². The van der Waals surface area contributed by atoms with Gasteiger partial charge in [0.2, 0.25) is 11.8 Å². The molecule has 4 heterocycles. The van der Waals surface area contributed by atoms with E-state index in [1.807, 2.05) is 17.0 Å². The van der Waals surface area contributed by atoms with E-state index in [1.165, 1.54) is 6.33 Å². The number of nitrogens with zero attached hydrogens (tertiary/aromatic N) is 6. The molecule has 2 aromatic rings. The summed E-state index contributed by atoms with van der Waals surface area (Å²) >= 11 is 0. The zero-order valence-corrected chi connectivity index (χ0v) is 24.4. The van der Waals surface area contributed by atoms with Crippen molar-refractivity contribution in [2.45, 2.75) is 77.8 Å². The van der Waals surface area contributed by atoms with Crippen LogP contribution in [-0.2, 0) is 14.4 Å². The predicted molar refractivity (Wildman–Crippen MR) is 152 cm³/mol. The lowest BCUT2D eigenvalue weighted by atomic mass is 9.77. The molecular weight excluding hydrogens is 522 g/mol. The molecule has 1 aromatic heterocycles. The molecule has 3 amide bonds. The minimum absolute atomic E-state index is 0.0360. The van der Waals surface area contributed by atoms with Crippen LogP contribution in [0.15, 0.2) is 30.6 Å². The Morgan fingerprint density at radius 1 is 1.10 bits per heavy atom. The fourth-order valence-electron chi connectivity index (χ4n) is 6.72. The Bertz CT molecular complexity index is 1190. The number of carbonyl (C=O) groups is 3. The normalized spacial score (nSPS) is 27.8. The third-order valence-corrected chi connectivity index (χ3v) is 9.00. The molecule has 0 unspecified atom stereocenters. The molecular formula is C30H43N7O4. The molecule has 0 saturated carbocycles. The number of rotatable bonds is 5. The van der Waals surface area contributed by atoms with Crippen LogP contribution in [0.4, 0.5) is 0 Å². The highest BCUT2D eigenvalue weighted by molar-refractivity contribution is 5.79. The first kappa shape index (κ1) is 29.0. The summed E-state index contributed by atoms with van der Waals surface area (Å²) in [5.41, 5.74) is 0.802. The number of tetrazole rings is 1. The molecule has 3 fully saturated rings. The molecule has 2 bridgehead atoms. The molecule has 5 rings (SSSR count). The third kappa shape index (κ3) is 7.23. The van der Waals surface area contributed by atoms with E-state index in [0.29, 0.717) is 44.1 Å². The summed E-state index contributed by atoms with van der Waals surface area (Å²) in [6.45, 7) is 8.33. The summed E-state index contributed by atoms with van der Waals surface area (Å²) < 4.78 is 7.38. The highest BCUT2D eigenvalue weighted by Gasteiger charge is 2.43. The number of aromatic nitrogens is 4. The first-order valence-electron chi connectivity index (χ1n) is 15.1. The fraction of sp³-hybridized carbons (Fsp3) is 0.667. The van der Waals surface area contributed by atoms with Gasteiger partial charge in [0.15, 0.2) is 6.61 Å². The van der Waals surface area contributed by atoms with E-state index in [2.05, 4.69) is 46.5 Å². The van der Waals surface area contributed by atoms with Gasteiger partial charge in [-0.3, -0.25) is 14.4 Å². The van der Waals surface area contributed by atoms with Gasteiger partial charge in [0.1, 0.15) is 12.1 Å². The maximum Gasteiger partial charge on any atom is 0.260 e. The predicted octanol–water partition coefficient (Wildman–Crippen LogP) is 2.85. The quantitative estimate of drug-likeness (QED) is 0.592. The molecule has 11 nitrogen and oxygen atoms in total. The molecule has 1 aromatic carbocycles. The lowest BCUT2D eigenvalue weighted by molar-refractivity contribution is -0.147. The molecule has 3 aliphatic rings. The largest absolute Gasteiger partial charge is 0.484 e. The molecule has 1 N–H and O–H groups in total. The van der Waals surface area contributed by atoms with Crippen molar-refractivity contribution in [2.24, 2.45) is 23.7 Å². The number of hydrogen-bond acceptors (Lipinski definition) is 7. The number of amides is 3. The summed E-state index contributed by atoms with van der Waals surface area (Å²) in [6.07, 6.45) is 6.87. The molecule has 41 heavy (non-hydrogen) atoms. The van der Waals surface area contributed by atoms with Crippen LogP contribution in [0.2, 0.25) is 0 Å². The Labute approximate surface area is 242 Å². The summed E-state index contributed by atoms with van der Waals surface area (Å²) in [5, 5.41) is 14.4. The first-order valence-corrected chi connectivity index (χ1v) is 15.1. The van der Waals surface area contributed by atoms with Crippen molar-refractivity contribution in [2.75, 3.05) is 26.2 Å². The standard InChI is InChI=1S/C30H43N7O4/c1-20(2)26-12-7-21(3)13-29(39)36-16-22-14-23(27(36)5-4-6-28(38)32-26)17-35(15-22)30(40)18-41-25-10-8-24(9-11-25)37-19-31-33-34-37/h8-11,19-23,26-27H,4-7,12-18H2,1-3H3,(H,32,38)/t21-,22+,23+,26+,27+/m1/s1. The van der Waals surface area contributed by atoms with Gasteiger partial charge >= 0.3 is 0 Å². The van der Waals surface area contributed by atoms with Crippen LogP contribution < -0.4 is 10.1 Å². The average Bonchev–Trinajstić information content (AvgIpc) is 3.49. The second kappa shape index (κ2) is 13.0. The monoisotopic (exact) mass is 565 g/mol. The van der Waals surface area contributed by atoms with Gasteiger partial charge in [-0.05, 0) is 90.5 Å². The second-order valence-corrected chi connectivity index (χ2v) is 12.5. The number of likely N-dealkylation sites (tertiary alicyclic amines) is 1. The highest BCUT2D eigenvalue weighted by Crippen LogP contribution is 2.36. The third-order valence-electron chi connectivity index (χ3n) is 9.00. The van der Waals surface area contributed by atoms with Crippen LogP contribution in [0, 0.1) is 23.7 Å². The number of ether oxygens (including phenoxy) is 1. The number of benzene rings is 1. The zero-order chi connectivity index (χ0) is 28.9. The number of piperidine rings is 2. The van der Waals surface area contributed by atoms with E-state index in [1.54, 1.807) is 16.8 Å². The first-order chi connectivity index (χ1) is 19.8. The molecule has 0 aliphatic carbocycles. The summed E-state index contributed by atoms with van der Waals surface area (Å²) in [5.74, 6) is 1.98. The zero-order valence-electron chi connectivity index (χ0n) is 24.4. The van der Waals surface area contributed by atoms with Crippen LogP contribution in [0.5, 0.6) is 5.75 Å². The van der Waals surface area contributed by atoms with Crippen molar-refractivity contribution in [3.63, 3.8) is 0 Å². The Morgan fingerprint density at radius 2 is 1.90 bits per heavy atom. The minimum Gasteiger partial charge on any atom is -0.484 e. The highest BCUT2D eigenvalue weighted by atomic mass is 16.5. The molecule has 11 heteroatoms. The molecule has 5 atom stereocenters. The molecule has 3 aliphatic heterocycles. The Morgan fingerprint density at radius 3 is 2.63 bits per heavy atom. The lowest BCUT2D eigenvalue weighted by Crippen LogP contribution is -2.60. The van der Waals surface area contributed by atoms with Gasteiger partial charge in [-0.1, -0.05) is 20.8 Å². The van der Waals surface area contributed by atoms with Crippen LogP contribution >= 0.6 is 0 Å². The summed E-state index contributed by atoms with van der Waals surface area (Å²) in [6, 6.07) is 7.47. The van der Waals surface area contributed by atoms with Crippen molar-refractivity contribution in [3.8, 4) is 11.4 Å². The molecule has 222 valence electrons. The van der Waals surface area contributed by atoms with Crippen LogP contribution in [0.1, 0.15) is 65.7 Å². The summed E-state index contributed by atoms with van der Waals surface area (Å²) in [7, 11) is 0. The van der Waals surface area contributed by atoms with Gasteiger partial charge in [-0.25, -0.2) is 4.68 Å². The molecule has 0 spiro atoms. The number of fused-ring (bicyclic) bond motifs is 4. The smallest absolute Gasteiger partial charge is 0.260 e. The van der Waals surface area contributed by atoms with E-state index < -0.39 is 0 Å². The topological polar surface area (TPSA) is 123 Å². The lowest BCUT2D eigenvalue weighted by Gasteiger charge is -2.51. The second-order valence-electron chi connectivity index (χ2n) is 12.5.